The van der Waals surface area contributed by atoms with Crippen molar-refractivity contribution in [3.63, 3.8) is 0 Å². The molecule has 3 heterocycles. The first kappa shape index (κ1) is 17.8. The van der Waals surface area contributed by atoms with Crippen molar-refractivity contribution < 1.29 is 18.3 Å². The Morgan fingerprint density at radius 2 is 1.74 bits per heavy atom. The van der Waals surface area contributed by atoms with Gasteiger partial charge in [0.15, 0.2) is 0 Å². The van der Waals surface area contributed by atoms with Crippen LogP contribution in [0.4, 0.5) is 13.2 Å². The van der Waals surface area contributed by atoms with Crippen molar-refractivity contribution in [1.82, 2.24) is 14.3 Å². The van der Waals surface area contributed by atoms with Crippen molar-refractivity contribution >= 4 is 11.3 Å². The number of nitrogens with zero attached hydrogens (tertiary/aromatic N) is 3. The molecule has 1 N–H and O–H groups in total. The largest absolute Gasteiger partial charge is 0.493 e. The number of alkyl halides is 3. The summed E-state index contributed by atoms with van der Waals surface area (Å²) in [6.45, 7) is 2.89. The number of aromatic hydroxyl groups is 1. The first-order valence-corrected chi connectivity index (χ1v) is 9.27. The zero-order chi connectivity index (χ0) is 19.3. The second-order valence-corrected chi connectivity index (χ2v) is 7.66. The summed E-state index contributed by atoms with van der Waals surface area (Å²) >= 11 is 1.28. The summed E-state index contributed by atoms with van der Waals surface area (Å²) in [5.74, 6) is -0.105. The lowest BCUT2D eigenvalue weighted by Crippen LogP contribution is -2.27. The van der Waals surface area contributed by atoms with Crippen molar-refractivity contribution in [2.45, 2.75) is 39.0 Å². The van der Waals surface area contributed by atoms with Gasteiger partial charge >= 0.3 is 6.18 Å². The molecule has 0 unspecified atom stereocenters. The summed E-state index contributed by atoms with van der Waals surface area (Å²) in [4.78, 5) is 17.9. The molecule has 1 aliphatic rings. The molecule has 2 aromatic heterocycles. The maximum absolute atomic E-state index is 12.7. The van der Waals surface area contributed by atoms with Gasteiger partial charge in [0, 0.05) is 23.5 Å². The lowest BCUT2D eigenvalue weighted by molar-refractivity contribution is -0.137. The third-order valence-electron chi connectivity index (χ3n) is 4.69. The van der Waals surface area contributed by atoms with Gasteiger partial charge in [-0.15, -0.1) is 11.3 Å². The van der Waals surface area contributed by atoms with Crippen LogP contribution in [0.5, 0.6) is 5.88 Å². The molecular formula is C18H16F3N3O2S. The number of aryl methyl sites for hydroxylation is 1. The summed E-state index contributed by atoms with van der Waals surface area (Å²) in [5.41, 5.74) is 0.0526. The summed E-state index contributed by atoms with van der Waals surface area (Å²) in [7, 11) is 0. The minimum Gasteiger partial charge on any atom is -0.493 e. The average Bonchev–Trinajstić information content (AvgIpc) is 3.13. The highest BCUT2D eigenvalue weighted by Gasteiger charge is 2.30. The first-order valence-electron chi connectivity index (χ1n) is 8.45. The lowest BCUT2D eigenvalue weighted by atomic mass is 10.1. The Balaban J connectivity index is 1.77. The molecule has 27 heavy (non-hydrogen) atoms. The van der Waals surface area contributed by atoms with E-state index in [0.29, 0.717) is 29.4 Å². The van der Waals surface area contributed by atoms with E-state index in [1.807, 2.05) is 0 Å². The highest BCUT2D eigenvalue weighted by molar-refractivity contribution is 7.15. The van der Waals surface area contributed by atoms with Crippen molar-refractivity contribution in [2.24, 2.45) is 0 Å². The maximum atomic E-state index is 12.7. The monoisotopic (exact) mass is 395 g/mol. The SMILES string of the molecule is Cc1sc(-c2ccc(C(F)(F)F)cc2)nc1-c1c(O)n2n(c1=O)CCCC2. The molecule has 5 nitrogen and oxygen atoms in total. The topological polar surface area (TPSA) is 60.1 Å². The second-order valence-electron chi connectivity index (χ2n) is 6.46. The molecule has 0 saturated heterocycles. The normalized spacial score (nSPS) is 14.4. The van der Waals surface area contributed by atoms with Crippen LogP contribution < -0.4 is 5.56 Å². The van der Waals surface area contributed by atoms with E-state index in [4.69, 9.17) is 0 Å². The molecule has 9 heteroatoms. The number of thiazole rings is 1. The third-order valence-corrected chi connectivity index (χ3v) is 5.71. The molecule has 0 saturated carbocycles. The lowest BCUT2D eigenvalue weighted by Gasteiger charge is -2.16. The Kier molecular flexibility index (Phi) is 4.14. The molecule has 0 amide bonds. The van der Waals surface area contributed by atoms with Gasteiger partial charge in [0.2, 0.25) is 5.88 Å². The van der Waals surface area contributed by atoms with Crippen molar-refractivity contribution in [3.8, 4) is 27.7 Å². The Morgan fingerprint density at radius 1 is 1.11 bits per heavy atom. The van der Waals surface area contributed by atoms with Gasteiger partial charge in [-0.05, 0) is 31.9 Å². The summed E-state index contributed by atoms with van der Waals surface area (Å²) < 4.78 is 41.3. The van der Waals surface area contributed by atoms with E-state index in [0.717, 1.165) is 29.9 Å². The van der Waals surface area contributed by atoms with Crippen LogP contribution in [0.15, 0.2) is 29.1 Å². The number of rotatable bonds is 2. The van der Waals surface area contributed by atoms with Crippen LogP contribution >= 0.6 is 11.3 Å². The van der Waals surface area contributed by atoms with Crippen LogP contribution in [0.3, 0.4) is 0 Å². The van der Waals surface area contributed by atoms with Crippen molar-refractivity contribution in [3.05, 3.63) is 45.1 Å². The van der Waals surface area contributed by atoms with Crippen LogP contribution in [0, 0.1) is 6.92 Å². The number of hydrogen-bond donors (Lipinski definition) is 1. The molecule has 1 aromatic carbocycles. The molecule has 0 spiro atoms. The Hall–Kier alpha value is -2.55. The quantitative estimate of drug-likeness (QED) is 0.705. The molecule has 1 aliphatic heterocycles. The number of aromatic nitrogens is 3. The van der Waals surface area contributed by atoms with Crippen LogP contribution in [0.1, 0.15) is 23.3 Å². The molecule has 0 fully saturated rings. The molecule has 0 atom stereocenters. The van der Waals surface area contributed by atoms with Crippen LogP contribution in [0.2, 0.25) is 0 Å². The second kappa shape index (κ2) is 6.26. The molecule has 3 aromatic rings. The number of halogens is 3. The van der Waals surface area contributed by atoms with E-state index in [2.05, 4.69) is 4.98 Å². The summed E-state index contributed by atoms with van der Waals surface area (Å²) in [6, 6.07) is 4.75. The molecule has 142 valence electrons. The highest BCUT2D eigenvalue weighted by atomic mass is 32.1. The van der Waals surface area contributed by atoms with Crippen LogP contribution in [0.25, 0.3) is 21.8 Å². The molecule has 0 radical (unpaired) electrons. The minimum atomic E-state index is -4.39. The fourth-order valence-corrected chi connectivity index (χ4v) is 4.24. The van der Waals surface area contributed by atoms with E-state index in [1.54, 1.807) is 11.6 Å². The Bertz CT molecular complexity index is 1060. The van der Waals surface area contributed by atoms with Crippen molar-refractivity contribution in [2.75, 3.05) is 0 Å². The van der Waals surface area contributed by atoms with Crippen LogP contribution in [-0.2, 0) is 19.3 Å². The predicted octanol–water partition coefficient (Wildman–Crippen LogP) is 4.27. The van der Waals surface area contributed by atoms with Gasteiger partial charge in [0.1, 0.15) is 10.6 Å². The van der Waals surface area contributed by atoms with Gasteiger partial charge in [-0.3, -0.25) is 9.48 Å². The van der Waals surface area contributed by atoms with Gasteiger partial charge < -0.3 is 5.11 Å². The average molecular weight is 395 g/mol. The number of fused-ring (bicyclic) bond motifs is 1. The molecular weight excluding hydrogens is 379 g/mol. The van der Waals surface area contributed by atoms with E-state index >= 15 is 0 Å². The summed E-state index contributed by atoms with van der Waals surface area (Å²) in [5, 5.41) is 11.0. The van der Waals surface area contributed by atoms with E-state index in [9.17, 15) is 23.1 Å². The standard InChI is InChI=1S/C18H16F3N3O2S/c1-10-14(13-16(25)23-8-2-3-9-24(23)17(13)26)22-15(27-10)11-4-6-12(7-5-11)18(19,20)21/h4-7,25H,2-3,8-9H2,1H3. The highest BCUT2D eigenvalue weighted by Crippen LogP contribution is 2.37. The molecule has 0 bridgehead atoms. The van der Waals surface area contributed by atoms with Gasteiger partial charge in [0.25, 0.3) is 5.56 Å². The predicted molar refractivity (Wildman–Crippen MR) is 95.9 cm³/mol. The van der Waals surface area contributed by atoms with Gasteiger partial charge in [-0.1, -0.05) is 12.1 Å². The Labute approximate surface area is 156 Å². The molecule has 0 aliphatic carbocycles. The Morgan fingerprint density at radius 3 is 2.33 bits per heavy atom. The van der Waals surface area contributed by atoms with Crippen molar-refractivity contribution in [1.29, 1.82) is 0 Å². The van der Waals surface area contributed by atoms with E-state index in [1.165, 1.54) is 28.2 Å². The number of benzene rings is 1. The summed E-state index contributed by atoms with van der Waals surface area (Å²) in [6.07, 6.45) is -2.64. The van der Waals surface area contributed by atoms with Gasteiger partial charge in [-0.2, -0.15) is 13.2 Å². The third kappa shape index (κ3) is 2.95. The van der Waals surface area contributed by atoms with Gasteiger partial charge in [-0.25, -0.2) is 9.67 Å². The fraction of sp³-hybridized carbons (Fsp3) is 0.333. The van der Waals surface area contributed by atoms with E-state index in [-0.39, 0.29) is 17.0 Å². The maximum Gasteiger partial charge on any atom is 0.416 e. The molecule has 4 rings (SSSR count). The fourth-order valence-electron chi connectivity index (χ4n) is 3.31. The first-order chi connectivity index (χ1) is 12.8. The number of hydrogen-bond acceptors (Lipinski definition) is 4. The van der Waals surface area contributed by atoms with E-state index < -0.39 is 11.7 Å². The zero-order valence-corrected chi connectivity index (χ0v) is 15.2. The zero-order valence-electron chi connectivity index (χ0n) is 14.4. The smallest absolute Gasteiger partial charge is 0.416 e. The van der Waals surface area contributed by atoms with Crippen LogP contribution in [-0.4, -0.2) is 19.5 Å². The van der Waals surface area contributed by atoms with Gasteiger partial charge in [0.05, 0.1) is 11.3 Å². The minimum absolute atomic E-state index is 0.105.